The molecule has 2 aromatic carbocycles. The van der Waals surface area contributed by atoms with Gasteiger partial charge in [-0.05, 0) is 40.8 Å². The van der Waals surface area contributed by atoms with Crippen molar-refractivity contribution in [2.24, 2.45) is 0 Å². The lowest BCUT2D eigenvalue weighted by atomic mass is 9.86. The molecular formula is C22H22FNO3. The van der Waals surface area contributed by atoms with Crippen molar-refractivity contribution in [3.05, 3.63) is 59.5 Å². The van der Waals surface area contributed by atoms with Crippen molar-refractivity contribution in [2.75, 3.05) is 14.2 Å². The Morgan fingerprint density at radius 1 is 1.00 bits per heavy atom. The molecule has 3 rings (SSSR count). The largest absolute Gasteiger partial charge is 0.497 e. The molecule has 0 atom stereocenters. The number of pyridine rings is 1. The van der Waals surface area contributed by atoms with Crippen LogP contribution in [0, 0.1) is 5.82 Å². The molecule has 0 aliphatic rings. The van der Waals surface area contributed by atoms with Crippen LogP contribution in [0.15, 0.2) is 42.5 Å². The van der Waals surface area contributed by atoms with E-state index in [2.05, 4.69) is 25.8 Å². The molecule has 5 heteroatoms. The van der Waals surface area contributed by atoms with Gasteiger partial charge >= 0.3 is 5.97 Å². The van der Waals surface area contributed by atoms with E-state index >= 15 is 0 Å². The van der Waals surface area contributed by atoms with E-state index in [0.717, 1.165) is 10.9 Å². The van der Waals surface area contributed by atoms with Crippen molar-refractivity contribution in [2.45, 2.75) is 26.2 Å². The number of halogens is 1. The molecule has 0 unspecified atom stereocenters. The van der Waals surface area contributed by atoms with Crippen LogP contribution in [0.2, 0.25) is 0 Å². The smallest absolute Gasteiger partial charge is 0.356 e. The van der Waals surface area contributed by atoms with Gasteiger partial charge in [-0.3, -0.25) is 0 Å². The highest BCUT2D eigenvalue weighted by atomic mass is 19.1. The molecule has 0 bridgehead atoms. The van der Waals surface area contributed by atoms with Crippen LogP contribution in [0.4, 0.5) is 4.39 Å². The summed E-state index contributed by atoms with van der Waals surface area (Å²) in [7, 11) is 2.78. The van der Waals surface area contributed by atoms with E-state index in [1.54, 1.807) is 18.2 Å². The lowest BCUT2D eigenvalue weighted by Gasteiger charge is -2.20. The summed E-state index contributed by atoms with van der Waals surface area (Å²) >= 11 is 0. The monoisotopic (exact) mass is 367 g/mol. The van der Waals surface area contributed by atoms with Crippen molar-refractivity contribution in [3.63, 3.8) is 0 Å². The van der Waals surface area contributed by atoms with Gasteiger partial charge in [0.1, 0.15) is 17.3 Å². The SMILES string of the molecule is COC(=O)c1cc(-c2ccc(OC)cc2F)c2ccc(C(C)(C)C)cc2n1. The molecule has 1 heterocycles. The van der Waals surface area contributed by atoms with E-state index in [9.17, 15) is 9.18 Å². The minimum absolute atomic E-state index is 0.0807. The molecule has 140 valence electrons. The van der Waals surface area contributed by atoms with Crippen LogP contribution in [-0.4, -0.2) is 25.2 Å². The summed E-state index contributed by atoms with van der Waals surface area (Å²) in [5.74, 6) is -0.566. The molecule has 3 aromatic rings. The number of hydrogen-bond acceptors (Lipinski definition) is 4. The summed E-state index contributed by atoms with van der Waals surface area (Å²) in [6.45, 7) is 6.30. The number of hydrogen-bond donors (Lipinski definition) is 0. The number of esters is 1. The zero-order valence-corrected chi connectivity index (χ0v) is 16.1. The Bertz CT molecular complexity index is 1020. The zero-order chi connectivity index (χ0) is 19.8. The van der Waals surface area contributed by atoms with E-state index in [4.69, 9.17) is 9.47 Å². The maximum atomic E-state index is 14.7. The second-order valence-corrected chi connectivity index (χ2v) is 7.37. The second-order valence-electron chi connectivity index (χ2n) is 7.37. The summed E-state index contributed by atoms with van der Waals surface area (Å²) in [6, 6.07) is 12.1. The quantitative estimate of drug-likeness (QED) is 0.602. The van der Waals surface area contributed by atoms with Crippen LogP contribution in [-0.2, 0) is 10.2 Å². The molecule has 0 fully saturated rings. The van der Waals surface area contributed by atoms with Crippen LogP contribution in [0.25, 0.3) is 22.0 Å². The lowest BCUT2D eigenvalue weighted by Crippen LogP contribution is -2.11. The first kappa shape index (κ1) is 18.8. The van der Waals surface area contributed by atoms with E-state index in [1.165, 1.54) is 20.3 Å². The Labute approximate surface area is 157 Å². The molecule has 0 saturated heterocycles. The van der Waals surface area contributed by atoms with Gasteiger partial charge in [0.25, 0.3) is 0 Å². The number of fused-ring (bicyclic) bond motifs is 1. The van der Waals surface area contributed by atoms with Crippen molar-refractivity contribution >= 4 is 16.9 Å². The third-order valence-electron chi connectivity index (χ3n) is 4.54. The molecule has 0 spiro atoms. The van der Waals surface area contributed by atoms with E-state index in [1.807, 2.05) is 18.2 Å². The van der Waals surface area contributed by atoms with E-state index < -0.39 is 11.8 Å². The Hall–Kier alpha value is -2.95. The molecule has 4 nitrogen and oxygen atoms in total. The predicted molar refractivity (Wildman–Crippen MR) is 104 cm³/mol. The molecule has 0 radical (unpaired) electrons. The number of benzene rings is 2. The van der Waals surface area contributed by atoms with Gasteiger partial charge in [-0.2, -0.15) is 0 Å². The molecule has 1 aromatic heterocycles. The average Bonchev–Trinajstić information content (AvgIpc) is 2.65. The summed E-state index contributed by atoms with van der Waals surface area (Å²) in [4.78, 5) is 16.6. The van der Waals surface area contributed by atoms with Crippen molar-refractivity contribution in [1.82, 2.24) is 4.98 Å². The molecule has 0 amide bonds. The molecule has 0 saturated carbocycles. The minimum Gasteiger partial charge on any atom is -0.497 e. The number of ether oxygens (including phenoxy) is 2. The van der Waals surface area contributed by atoms with Gasteiger partial charge < -0.3 is 9.47 Å². The number of rotatable bonds is 3. The zero-order valence-electron chi connectivity index (χ0n) is 16.1. The Balaban J connectivity index is 2.31. The highest BCUT2D eigenvalue weighted by Crippen LogP contribution is 2.34. The van der Waals surface area contributed by atoms with Crippen molar-refractivity contribution in [3.8, 4) is 16.9 Å². The maximum Gasteiger partial charge on any atom is 0.356 e. The van der Waals surface area contributed by atoms with Crippen LogP contribution < -0.4 is 4.74 Å². The number of methoxy groups -OCH3 is 2. The number of aromatic nitrogens is 1. The van der Waals surface area contributed by atoms with Gasteiger partial charge in [-0.1, -0.05) is 32.9 Å². The first-order valence-corrected chi connectivity index (χ1v) is 8.62. The van der Waals surface area contributed by atoms with E-state index in [0.29, 0.717) is 22.4 Å². The number of nitrogens with zero attached hydrogens (tertiary/aromatic N) is 1. The summed E-state index contributed by atoms with van der Waals surface area (Å²) in [5, 5.41) is 0.764. The van der Waals surface area contributed by atoms with Crippen LogP contribution in [0.1, 0.15) is 36.8 Å². The summed E-state index contributed by atoms with van der Waals surface area (Å²) in [6.07, 6.45) is 0. The van der Waals surface area contributed by atoms with Crippen molar-refractivity contribution < 1.29 is 18.7 Å². The fourth-order valence-corrected chi connectivity index (χ4v) is 2.97. The fraction of sp³-hybridized carbons (Fsp3) is 0.273. The average molecular weight is 367 g/mol. The minimum atomic E-state index is -0.562. The molecule has 0 aliphatic heterocycles. The van der Waals surface area contributed by atoms with Gasteiger partial charge in [-0.15, -0.1) is 0 Å². The predicted octanol–water partition coefficient (Wildman–Crippen LogP) is 5.13. The fourth-order valence-electron chi connectivity index (χ4n) is 2.97. The third-order valence-corrected chi connectivity index (χ3v) is 4.54. The van der Waals surface area contributed by atoms with Gasteiger partial charge in [0, 0.05) is 17.0 Å². The van der Waals surface area contributed by atoms with Crippen LogP contribution in [0.3, 0.4) is 0 Å². The van der Waals surface area contributed by atoms with Gasteiger partial charge in [0.15, 0.2) is 0 Å². The Morgan fingerprint density at radius 3 is 2.33 bits per heavy atom. The van der Waals surface area contributed by atoms with E-state index in [-0.39, 0.29) is 11.1 Å². The Morgan fingerprint density at radius 2 is 1.74 bits per heavy atom. The topological polar surface area (TPSA) is 48.4 Å². The molecular weight excluding hydrogens is 345 g/mol. The molecule has 27 heavy (non-hydrogen) atoms. The third kappa shape index (κ3) is 3.63. The number of carbonyl (C=O) groups excluding carboxylic acids is 1. The van der Waals surface area contributed by atoms with Crippen LogP contribution >= 0.6 is 0 Å². The highest BCUT2D eigenvalue weighted by Gasteiger charge is 2.19. The molecule has 0 aliphatic carbocycles. The first-order valence-electron chi connectivity index (χ1n) is 8.62. The van der Waals surface area contributed by atoms with Gasteiger partial charge in [0.05, 0.1) is 19.7 Å². The maximum absolute atomic E-state index is 14.7. The second kappa shape index (κ2) is 6.99. The van der Waals surface area contributed by atoms with Gasteiger partial charge in [0.2, 0.25) is 0 Å². The standard InChI is InChI=1S/C22H22FNO3/c1-22(2,3)13-6-8-16-17(15-9-7-14(26-4)11-18(15)23)12-20(21(25)27-5)24-19(16)10-13/h6-12H,1-5H3. The van der Waals surface area contributed by atoms with Crippen molar-refractivity contribution in [1.29, 1.82) is 0 Å². The first-order chi connectivity index (χ1) is 12.7. The summed E-state index contributed by atoms with van der Waals surface area (Å²) < 4.78 is 24.6. The highest BCUT2D eigenvalue weighted by molar-refractivity contribution is 6.00. The Kier molecular flexibility index (Phi) is 4.87. The summed E-state index contributed by atoms with van der Waals surface area (Å²) in [5.41, 5.74) is 2.71. The van der Waals surface area contributed by atoms with Gasteiger partial charge in [-0.25, -0.2) is 14.2 Å². The van der Waals surface area contributed by atoms with Crippen LogP contribution in [0.5, 0.6) is 5.75 Å². The number of carbonyl (C=O) groups is 1. The normalized spacial score (nSPS) is 11.5. The molecule has 0 N–H and O–H groups in total. The lowest BCUT2D eigenvalue weighted by molar-refractivity contribution is 0.0594.